The number of aromatic nitrogens is 1. The van der Waals surface area contributed by atoms with Crippen LogP contribution in [0.15, 0.2) is 45.8 Å². The van der Waals surface area contributed by atoms with Gasteiger partial charge >= 0.3 is 0 Å². The number of sulfonamides is 1. The molecule has 0 unspecified atom stereocenters. The van der Waals surface area contributed by atoms with E-state index in [1.54, 1.807) is 25.1 Å². The first-order chi connectivity index (χ1) is 17.6. The number of halogens is 1. The Morgan fingerprint density at radius 1 is 1.08 bits per heavy atom. The number of hydrogen-bond donors (Lipinski definition) is 1. The fourth-order valence-electron chi connectivity index (χ4n) is 4.84. The van der Waals surface area contributed by atoms with E-state index < -0.39 is 10.0 Å². The van der Waals surface area contributed by atoms with Gasteiger partial charge in [0.2, 0.25) is 15.9 Å². The number of aryl methyl sites for hydroxylation is 4. The van der Waals surface area contributed by atoms with Gasteiger partial charge in [-0.1, -0.05) is 52.7 Å². The quantitative estimate of drug-likeness (QED) is 0.429. The summed E-state index contributed by atoms with van der Waals surface area (Å²) in [5.41, 5.74) is 5.68. The van der Waals surface area contributed by atoms with Crippen molar-refractivity contribution in [2.75, 3.05) is 13.1 Å². The molecule has 0 atom stereocenters. The molecule has 7 nitrogen and oxygen atoms in total. The Bertz CT molecular complexity index is 1400. The highest BCUT2D eigenvalue weighted by Gasteiger charge is 2.35. The molecule has 1 aliphatic heterocycles. The van der Waals surface area contributed by atoms with Gasteiger partial charge in [-0.2, -0.15) is 4.31 Å². The van der Waals surface area contributed by atoms with E-state index in [1.165, 1.54) is 9.87 Å². The lowest BCUT2D eigenvalue weighted by Gasteiger charge is -2.30. The highest BCUT2D eigenvalue weighted by molar-refractivity contribution is 7.89. The number of rotatable bonds is 7. The van der Waals surface area contributed by atoms with E-state index in [9.17, 15) is 13.2 Å². The Kier molecular flexibility index (Phi) is 8.21. The number of nitrogens with zero attached hydrogens (tertiary/aromatic N) is 2. The molecule has 1 N–H and O–H groups in total. The third-order valence-electron chi connectivity index (χ3n) is 6.78. The Labute approximate surface area is 223 Å². The average molecular weight is 542 g/mol. The van der Waals surface area contributed by atoms with Crippen LogP contribution >= 0.6 is 11.6 Å². The molecule has 1 fully saturated rings. The van der Waals surface area contributed by atoms with Crippen molar-refractivity contribution in [3.05, 3.63) is 80.7 Å². The summed E-state index contributed by atoms with van der Waals surface area (Å²) >= 11 is 5.91. The van der Waals surface area contributed by atoms with Crippen LogP contribution in [-0.2, 0) is 21.4 Å². The van der Waals surface area contributed by atoms with Crippen LogP contribution in [0.25, 0.3) is 12.2 Å². The first-order valence-corrected chi connectivity index (χ1v) is 14.1. The van der Waals surface area contributed by atoms with Gasteiger partial charge < -0.3 is 9.84 Å². The molecule has 3 aromatic rings. The molecule has 0 aliphatic carbocycles. The van der Waals surface area contributed by atoms with E-state index in [4.69, 9.17) is 16.1 Å². The summed E-state index contributed by atoms with van der Waals surface area (Å²) in [7, 11) is -3.84. The molecule has 196 valence electrons. The van der Waals surface area contributed by atoms with Crippen LogP contribution in [0, 0.1) is 33.6 Å². The minimum Gasteiger partial charge on any atom is -0.355 e. The zero-order valence-corrected chi connectivity index (χ0v) is 23.1. The van der Waals surface area contributed by atoms with Gasteiger partial charge in [-0.25, -0.2) is 8.42 Å². The minimum absolute atomic E-state index is 0.0689. The van der Waals surface area contributed by atoms with Crippen LogP contribution < -0.4 is 5.32 Å². The van der Waals surface area contributed by atoms with Gasteiger partial charge in [-0.3, -0.25) is 4.79 Å². The predicted octanol–water partition coefficient (Wildman–Crippen LogP) is 5.45. The van der Waals surface area contributed by atoms with Crippen LogP contribution in [0.4, 0.5) is 0 Å². The summed E-state index contributed by atoms with van der Waals surface area (Å²) in [6.45, 7) is 8.65. The zero-order valence-electron chi connectivity index (χ0n) is 21.5. The Morgan fingerprint density at radius 2 is 1.70 bits per heavy atom. The number of carbonyl (C=O) groups is 1. The number of benzene rings is 2. The highest BCUT2D eigenvalue weighted by atomic mass is 35.5. The lowest BCUT2D eigenvalue weighted by molar-refractivity contribution is -0.126. The van der Waals surface area contributed by atoms with E-state index in [1.807, 2.05) is 39.0 Å². The van der Waals surface area contributed by atoms with Gasteiger partial charge in [0.05, 0.1) is 0 Å². The maximum absolute atomic E-state index is 13.6. The molecule has 1 aromatic heterocycles. The van der Waals surface area contributed by atoms with Gasteiger partial charge in [-0.15, -0.1) is 0 Å². The summed E-state index contributed by atoms with van der Waals surface area (Å²) in [4.78, 5) is 12.8. The van der Waals surface area contributed by atoms with Gasteiger partial charge in [0, 0.05) is 30.6 Å². The number of amides is 1. The van der Waals surface area contributed by atoms with Crippen molar-refractivity contribution >= 4 is 39.7 Å². The van der Waals surface area contributed by atoms with Crippen molar-refractivity contribution in [3.63, 3.8) is 0 Å². The smallest absolute Gasteiger partial charge is 0.248 e. The third-order valence-corrected chi connectivity index (χ3v) is 9.08. The van der Waals surface area contributed by atoms with Crippen LogP contribution in [0.2, 0.25) is 5.02 Å². The summed E-state index contributed by atoms with van der Waals surface area (Å²) < 4.78 is 34.0. The second kappa shape index (κ2) is 11.2. The summed E-state index contributed by atoms with van der Waals surface area (Å²) in [5, 5.41) is 7.54. The fraction of sp³-hybridized carbons (Fsp3) is 0.357. The van der Waals surface area contributed by atoms with Gasteiger partial charge in [0.25, 0.3) is 0 Å². The molecule has 0 saturated carbocycles. The molecule has 0 spiro atoms. The molecule has 0 radical (unpaired) electrons. The molecular formula is C28H32ClN3O4S. The van der Waals surface area contributed by atoms with Gasteiger partial charge in [-0.05, 0) is 81.0 Å². The van der Waals surface area contributed by atoms with Gasteiger partial charge in [0.15, 0.2) is 10.7 Å². The average Bonchev–Trinajstić information content (AvgIpc) is 3.24. The number of hydrogen-bond acceptors (Lipinski definition) is 5. The molecule has 2 aromatic carbocycles. The summed E-state index contributed by atoms with van der Waals surface area (Å²) in [5.74, 6) is -0.102. The normalized spacial score (nSPS) is 15.4. The van der Waals surface area contributed by atoms with E-state index >= 15 is 0 Å². The van der Waals surface area contributed by atoms with E-state index in [0.717, 1.165) is 22.3 Å². The number of piperidine rings is 1. The van der Waals surface area contributed by atoms with E-state index in [-0.39, 0.29) is 35.6 Å². The van der Waals surface area contributed by atoms with Crippen LogP contribution in [-0.4, -0.2) is 36.9 Å². The molecule has 37 heavy (non-hydrogen) atoms. The lowest BCUT2D eigenvalue weighted by Crippen LogP contribution is -2.43. The summed E-state index contributed by atoms with van der Waals surface area (Å²) in [6.07, 6.45) is 4.45. The number of carbonyl (C=O) groups excluding carboxylic acids is 1. The molecular weight excluding hydrogens is 510 g/mol. The lowest BCUT2D eigenvalue weighted by atomic mass is 9.97. The van der Waals surface area contributed by atoms with Crippen molar-refractivity contribution in [2.24, 2.45) is 5.92 Å². The van der Waals surface area contributed by atoms with Gasteiger partial charge in [0.1, 0.15) is 5.69 Å². The fourth-order valence-corrected chi connectivity index (χ4v) is 6.68. The Hall–Kier alpha value is -2.94. The SMILES string of the molecule is Cc1cc(C)c(C=Cc2onc(C)c2S(=O)(=O)N2CCC(C(=O)NCc3ccc(Cl)cc3)CC2)c(C)c1. The van der Waals surface area contributed by atoms with Crippen LogP contribution in [0.3, 0.4) is 0 Å². The van der Waals surface area contributed by atoms with E-state index in [0.29, 0.717) is 30.1 Å². The van der Waals surface area contributed by atoms with Crippen LogP contribution in [0.1, 0.15) is 52.1 Å². The molecule has 9 heteroatoms. The Balaban J connectivity index is 1.43. The van der Waals surface area contributed by atoms with Crippen molar-refractivity contribution in [2.45, 2.75) is 52.0 Å². The van der Waals surface area contributed by atoms with E-state index in [2.05, 4.69) is 22.6 Å². The van der Waals surface area contributed by atoms with Crippen molar-refractivity contribution in [1.82, 2.24) is 14.8 Å². The highest BCUT2D eigenvalue weighted by Crippen LogP contribution is 2.30. The third kappa shape index (κ3) is 6.14. The first-order valence-electron chi connectivity index (χ1n) is 12.3. The standard InChI is InChI=1S/C28H32ClN3O4S/c1-18-15-19(2)25(20(3)16-18)9-10-26-27(21(4)31-36-26)37(34,35)32-13-11-23(12-14-32)28(33)30-17-22-5-7-24(29)8-6-22/h5-10,15-16,23H,11-14,17H2,1-4H3,(H,30,33). The second-order valence-electron chi connectivity index (χ2n) is 9.63. The Morgan fingerprint density at radius 3 is 2.32 bits per heavy atom. The molecule has 4 rings (SSSR count). The maximum Gasteiger partial charge on any atom is 0.248 e. The van der Waals surface area contributed by atoms with Crippen molar-refractivity contribution < 1.29 is 17.7 Å². The zero-order chi connectivity index (χ0) is 26.7. The largest absolute Gasteiger partial charge is 0.355 e. The molecule has 0 bridgehead atoms. The predicted molar refractivity (Wildman–Crippen MR) is 146 cm³/mol. The second-order valence-corrected chi connectivity index (χ2v) is 11.9. The molecule has 2 heterocycles. The topological polar surface area (TPSA) is 92.5 Å². The molecule has 1 saturated heterocycles. The first kappa shape index (κ1) is 27.1. The van der Waals surface area contributed by atoms with Crippen molar-refractivity contribution in [1.29, 1.82) is 0 Å². The monoisotopic (exact) mass is 541 g/mol. The maximum atomic E-state index is 13.6. The van der Waals surface area contributed by atoms with Crippen molar-refractivity contribution in [3.8, 4) is 0 Å². The van der Waals surface area contributed by atoms with Crippen LogP contribution in [0.5, 0.6) is 0 Å². The molecule has 1 aliphatic rings. The molecule has 1 amide bonds. The number of nitrogens with one attached hydrogen (secondary N) is 1. The minimum atomic E-state index is -3.84. The summed E-state index contributed by atoms with van der Waals surface area (Å²) in [6, 6.07) is 11.5.